The fourth-order valence-electron chi connectivity index (χ4n) is 2.66. The molecule has 0 saturated carbocycles. The van der Waals surface area contributed by atoms with E-state index in [0.29, 0.717) is 33.6 Å². The third-order valence-electron chi connectivity index (χ3n) is 4.17. The molecule has 0 aliphatic rings. The number of carbonyl (C=O) groups is 2. The Morgan fingerprint density at radius 2 is 1.66 bits per heavy atom. The average Bonchev–Trinajstić information content (AvgIpc) is 2.75. The van der Waals surface area contributed by atoms with E-state index >= 15 is 0 Å². The summed E-state index contributed by atoms with van der Waals surface area (Å²) in [4.78, 5) is 35.8. The fourth-order valence-corrected chi connectivity index (χ4v) is 2.66. The number of ether oxygens (including phenoxy) is 3. The van der Waals surface area contributed by atoms with Crippen LogP contribution in [-0.2, 0) is 16.1 Å². The number of benzene rings is 2. The van der Waals surface area contributed by atoms with E-state index in [1.807, 2.05) is 0 Å². The van der Waals surface area contributed by atoms with E-state index in [1.54, 1.807) is 42.5 Å². The van der Waals surface area contributed by atoms with Gasteiger partial charge in [-0.05, 0) is 36.4 Å². The Morgan fingerprint density at radius 3 is 2.34 bits per heavy atom. The standard InChI is InChI=1S/C21H19NO7/c1-26-15-5-3-13(4-6-15)21(25)22-11-20(24)28-12-14-9-19(23)29-18-10-16(27-2)7-8-17(14)18/h3-10H,11-12H2,1-2H3,(H,22,25). The van der Waals surface area contributed by atoms with Crippen molar-refractivity contribution < 1.29 is 28.2 Å². The van der Waals surface area contributed by atoms with E-state index in [2.05, 4.69) is 5.32 Å². The number of amides is 1. The van der Waals surface area contributed by atoms with Crippen LogP contribution < -0.4 is 20.4 Å². The van der Waals surface area contributed by atoms with Crippen LogP contribution in [-0.4, -0.2) is 32.6 Å². The Hall–Kier alpha value is -3.81. The molecule has 0 atom stereocenters. The highest BCUT2D eigenvalue weighted by Gasteiger charge is 2.12. The van der Waals surface area contributed by atoms with Crippen LogP contribution in [0.4, 0.5) is 0 Å². The monoisotopic (exact) mass is 397 g/mol. The number of nitrogens with one attached hydrogen (secondary N) is 1. The summed E-state index contributed by atoms with van der Waals surface area (Å²) < 4.78 is 20.5. The highest BCUT2D eigenvalue weighted by atomic mass is 16.5. The van der Waals surface area contributed by atoms with Crippen LogP contribution in [0.5, 0.6) is 11.5 Å². The van der Waals surface area contributed by atoms with Gasteiger partial charge in [0.05, 0.1) is 14.2 Å². The van der Waals surface area contributed by atoms with Crippen LogP contribution in [0, 0.1) is 0 Å². The molecule has 0 bridgehead atoms. The Bertz CT molecular complexity index is 1090. The molecule has 0 unspecified atom stereocenters. The zero-order valence-electron chi connectivity index (χ0n) is 15.9. The van der Waals surface area contributed by atoms with Crippen LogP contribution in [0.15, 0.2) is 57.7 Å². The number of rotatable bonds is 7. The second kappa shape index (κ2) is 8.92. The summed E-state index contributed by atoms with van der Waals surface area (Å²) in [6.45, 7) is -0.441. The topological polar surface area (TPSA) is 104 Å². The zero-order valence-corrected chi connectivity index (χ0v) is 15.9. The summed E-state index contributed by atoms with van der Waals surface area (Å²) in [5, 5.41) is 3.11. The summed E-state index contributed by atoms with van der Waals surface area (Å²) in [6, 6.07) is 12.7. The quantitative estimate of drug-likeness (QED) is 0.482. The smallest absolute Gasteiger partial charge is 0.336 e. The molecule has 0 spiro atoms. The van der Waals surface area contributed by atoms with Crippen molar-refractivity contribution in [1.82, 2.24) is 5.32 Å². The summed E-state index contributed by atoms with van der Waals surface area (Å²) in [7, 11) is 3.03. The van der Waals surface area contributed by atoms with Crippen molar-refractivity contribution in [3.63, 3.8) is 0 Å². The van der Waals surface area contributed by atoms with Gasteiger partial charge in [-0.25, -0.2) is 4.79 Å². The minimum atomic E-state index is -0.637. The van der Waals surface area contributed by atoms with E-state index in [0.717, 1.165) is 0 Å². The molecule has 3 aromatic rings. The molecule has 0 fully saturated rings. The maximum absolute atomic E-state index is 12.1. The lowest BCUT2D eigenvalue weighted by Crippen LogP contribution is -2.30. The molecular weight excluding hydrogens is 378 g/mol. The van der Waals surface area contributed by atoms with Crippen molar-refractivity contribution in [1.29, 1.82) is 0 Å². The van der Waals surface area contributed by atoms with E-state index < -0.39 is 17.5 Å². The second-order valence-corrected chi connectivity index (χ2v) is 6.02. The molecule has 1 amide bonds. The molecule has 8 nitrogen and oxygen atoms in total. The average molecular weight is 397 g/mol. The lowest BCUT2D eigenvalue weighted by Gasteiger charge is -2.09. The number of hydrogen-bond acceptors (Lipinski definition) is 7. The van der Waals surface area contributed by atoms with Crippen molar-refractivity contribution in [2.45, 2.75) is 6.61 Å². The van der Waals surface area contributed by atoms with Crippen molar-refractivity contribution in [2.75, 3.05) is 20.8 Å². The van der Waals surface area contributed by atoms with Gasteiger partial charge in [-0.1, -0.05) is 0 Å². The van der Waals surface area contributed by atoms with Crippen molar-refractivity contribution in [2.24, 2.45) is 0 Å². The summed E-state index contributed by atoms with van der Waals surface area (Å²) in [6.07, 6.45) is 0. The van der Waals surface area contributed by atoms with E-state index in [9.17, 15) is 14.4 Å². The van der Waals surface area contributed by atoms with Crippen LogP contribution in [0.2, 0.25) is 0 Å². The first-order valence-corrected chi connectivity index (χ1v) is 8.69. The van der Waals surface area contributed by atoms with E-state index in [-0.39, 0.29) is 13.2 Å². The Morgan fingerprint density at radius 1 is 0.966 bits per heavy atom. The first-order chi connectivity index (χ1) is 14.0. The number of carbonyl (C=O) groups excluding carboxylic acids is 2. The maximum Gasteiger partial charge on any atom is 0.336 e. The molecule has 150 valence electrons. The van der Waals surface area contributed by atoms with Crippen LogP contribution in [0.1, 0.15) is 15.9 Å². The molecule has 29 heavy (non-hydrogen) atoms. The van der Waals surface area contributed by atoms with Gasteiger partial charge in [-0.15, -0.1) is 0 Å². The van der Waals surface area contributed by atoms with Gasteiger partial charge in [0.2, 0.25) is 0 Å². The zero-order chi connectivity index (χ0) is 20.8. The van der Waals surface area contributed by atoms with E-state index in [4.69, 9.17) is 18.6 Å². The maximum atomic E-state index is 12.1. The lowest BCUT2D eigenvalue weighted by atomic mass is 10.1. The van der Waals surface area contributed by atoms with Crippen LogP contribution >= 0.6 is 0 Å². The molecule has 0 aliphatic carbocycles. The molecule has 0 aliphatic heterocycles. The van der Waals surface area contributed by atoms with Gasteiger partial charge >= 0.3 is 11.6 Å². The van der Waals surface area contributed by atoms with Gasteiger partial charge in [0.1, 0.15) is 30.2 Å². The Balaban J connectivity index is 1.60. The van der Waals surface area contributed by atoms with E-state index in [1.165, 1.54) is 20.3 Å². The first-order valence-electron chi connectivity index (χ1n) is 8.69. The summed E-state index contributed by atoms with van der Waals surface area (Å²) >= 11 is 0. The minimum Gasteiger partial charge on any atom is -0.497 e. The number of esters is 1. The largest absolute Gasteiger partial charge is 0.497 e. The molecule has 2 aromatic carbocycles. The molecule has 1 aromatic heterocycles. The minimum absolute atomic E-state index is 0.133. The second-order valence-electron chi connectivity index (χ2n) is 6.02. The molecule has 8 heteroatoms. The highest BCUT2D eigenvalue weighted by Crippen LogP contribution is 2.23. The number of methoxy groups -OCH3 is 2. The third-order valence-corrected chi connectivity index (χ3v) is 4.17. The predicted molar refractivity (Wildman–Crippen MR) is 104 cm³/mol. The molecule has 0 saturated heterocycles. The normalized spacial score (nSPS) is 10.4. The molecule has 1 N–H and O–H groups in total. The highest BCUT2D eigenvalue weighted by molar-refractivity contribution is 5.96. The summed E-state index contributed by atoms with van der Waals surface area (Å²) in [5.74, 6) is 0.110. The molecule has 0 radical (unpaired) electrons. The van der Waals surface area contributed by atoms with Gasteiger partial charge in [-0.2, -0.15) is 0 Å². The Labute approximate surface area is 166 Å². The Kier molecular flexibility index (Phi) is 6.13. The lowest BCUT2D eigenvalue weighted by molar-refractivity contribution is -0.143. The molecular formula is C21H19NO7. The number of hydrogen-bond donors (Lipinski definition) is 1. The van der Waals surface area contributed by atoms with Crippen molar-refractivity contribution in [3.05, 3.63) is 70.1 Å². The first kappa shape index (κ1) is 19.9. The molecule has 1 heterocycles. The molecule has 3 rings (SSSR count). The van der Waals surface area contributed by atoms with Crippen LogP contribution in [0.3, 0.4) is 0 Å². The van der Waals surface area contributed by atoms with Crippen molar-refractivity contribution in [3.8, 4) is 11.5 Å². The fraction of sp³-hybridized carbons (Fsp3) is 0.190. The van der Waals surface area contributed by atoms with Gasteiger partial charge in [0, 0.05) is 28.6 Å². The van der Waals surface area contributed by atoms with Gasteiger partial charge in [0.15, 0.2) is 0 Å². The van der Waals surface area contributed by atoms with Gasteiger partial charge in [0.25, 0.3) is 5.91 Å². The third kappa shape index (κ3) is 4.92. The van der Waals surface area contributed by atoms with Crippen LogP contribution in [0.25, 0.3) is 11.0 Å². The van der Waals surface area contributed by atoms with Gasteiger partial charge in [-0.3, -0.25) is 9.59 Å². The number of fused-ring (bicyclic) bond motifs is 1. The van der Waals surface area contributed by atoms with Gasteiger partial charge < -0.3 is 23.9 Å². The summed E-state index contributed by atoms with van der Waals surface area (Å²) in [5.41, 5.74) is 0.647. The predicted octanol–water partition coefficient (Wildman–Crippen LogP) is 2.28. The SMILES string of the molecule is COc1ccc(C(=O)NCC(=O)OCc2cc(=O)oc3cc(OC)ccc23)cc1. The van der Waals surface area contributed by atoms with Crippen molar-refractivity contribution >= 4 is 22.8 Å².